The Kier molecular flexibility index (Phi) is 3.20. The molecule has 1 N–H and O–H groups in total. The number of ether oxygens (including phenoxy) is 1. The van der Waals surface area contributed by atoms with Gasteiger partial charge in [-0.2, -0.15) is 0 Å². The minimum Gasteiger partial charge on any atom is -0.506 e. The van der Waals surface area contributed by atoms with Crippen LogP contribution in [0.4, 0.5) is 4.39 Å². The highest BCUT2D eigenvalue weighted by Gasteiger charge is 2.07. The molecule has 0 amide bonds. The van der Waals surface area contributed by atoms with Crippen molar-refractivity contribution in [1.29, 1.82) is 0 Å². The standard InChI is InChI=1S/C13H10ClFO2/c1-17-13-7-9(2-4-11(13)15)8-3-5-12(16)10(14)6-8/h2-7,16H,1H3. The number of phenols is 1. The molecule has 0 radical (unpaired) electrons. The molecule has 0 unspecified atom stereocenters. The van der Waals surface area contributed by atoms with E-state index < -0.39 is 5.82 Å². The molecule has 0 fully saturated rings. The van der Waals surface area contributed by atoms with Crippen molar-refractivity contribution in [2.24, 2.45) is 0 Å². The van der Waals surface area contributed by atoms with Gasteiger partial charge in [-0.05, 0) is 35.4 Å². The van der Waals surface area contributed by atoms with E-state index >= 15 is 0 Å². The average Bonchev–Trinajstić information content (AvgIpc) is 2.33. The molecule has 0 spiro atoms. The zero-order valence-electron chi connectivity index (χ0n) is 9.08. The van der Waals surface area contributed by atoms with Gasteiger partial charge >= 0.3 is 0 Å². The van der Waals surface area contributed by atoms with Crippen molar-refractivity contribution in [3.63, 3.8) is 0 Å². The second-order valence-electron chi connectivity index (χ2n) is 3.52. The zero-order valence-corrected chi connectivity index (χ0v) is 9.83. The lowest BCUT2D eigenvalue weighted by atomic mass is 10.1. The van der Waals surface area contributed by atoms with Crippen molar-refractivity contribution >= 4 is 11.6 Å². The number of rotatable bonds is 2. The summed E-state index contributed by atoms with van der Waals surface area (Å²) in [5.74, 6) is -0.225. The fourth-order valence-electron chi connectivity index (χ4n) is 1.53. The van der Waals surface area contributed by atoms with Crippen LogP contribution in [0.2, 0.25) is 5.02 Å². The van der Waals surface area contributed by atoms with E-state index in [1.807, 2.05) is 0 Å². The van der Waals surface area contributed by atoms with E-state index in [2.05, 4.69) is 0 Å². The zero-order chi connectivity index (χ0) is 12.4. The lowest BCUT2D eigenvalue weighted by Gasteiger charge is -2.07. The highest BCUT2D eigenvalue weighted by atomic mass is 35.5. The number of benzene rings is 2. The molecule has 0 aliphatic carbocycles. The van der Waals surface area contributed by atoms with Crippen LogP contribution in [0.3, 0.4) is 0 Å². The first kappa shape index (κ1) is 11.7. The molecule has 0 saturated heterocycles. The van der Waals surface area contributed by atoms with Gasteiger partial charge in [0, 0.05) is 0 Å². The van der Waals surface area contributed by atoms with Crippen molar-refractivity contribution in [2.75, 3.05) is 7.11 Å². The van der Waals surface area contributed by atoms with E-state index in [1.54, 1.807) is 24.3 Å². The minimum atomic E-state index is -0.416. The summed E-state index contributed by atoms with van der Waals surface area (Å²) in [5, 5.41) is 9.57. The molecule has 0 aromatic heterocycles. The Morgan fingerprint density at radius 3 is 2.41 bits per heavy atom. The molecular formula is C13H10ClFO2. The van der Waals surface area contributed by atoms with Crippen LogP contribution in [-0.4, -0.2) is 12.2 Å². The maximum Gasteiger partial charge on any atom is 0.165 e. The summed E-state index contributed by atoms with van der Waals surface area (Å²) < 4.78 is 18.1. The number of methoxy groups -OCH3 is 1. The number of hydrogen-bond acceptors (Lipinski definition) is 2. The molecule has 2 aromatic carbocycles. The fourth-order valence-corrected chi connectivity index (χ4v) is 1.71. The van der Waals surface area contributed by atoms with Crippen LogP contribution in [0.1, 0.15) is 0 Å². The summed E-state index contributed by atoms with van der Waals surface area (Å²) >= 11 is 5.81. The third kappa shape index (κ3) is 2.34. The van der Waals surface area contributed by atoms with E-state index in [0.717, 1.165) is 11.1 Å². The Bertz CT molecular complexity index is 555. The molecule has 0 aliphatic heterocycles. The van der Waals surface area contributed by atoms with E-state index in [-0.39, 0.29) is 16.5 Å². The molecule has 4 heteroatoms. The summed E-state index contributed by atoms with van der Waals surface area (Å²) in [5.41, 5.74) is 1.55. The molecule has 0 aliphatic rings. The molecule has 0 atom stereocenters. The topological polar surface area (TPSA) is 29.5 Å². The van der Waals surface area contributed by atoms with Crippen molar-refractivity contribution in [3.8, 4) is 22.6 Å². The molecule has 2 aromatic rings. The van der Waals surface area contributed by atoms with Gasteiger partial charge in [0.05, 0.1) is 12.1 Å². The van der Waals surface area contributed by atoms with Crippen molar-refractivity contribution < 1.29 is 14.2 Å². The van der Waals surface area contributed by atoms with Crippen molar-refractivity contribution in [3.05, 3.63) is 47.2 Å². The van der Waals surface area contributed by atoms with Crippen LogP contribution in [0.5, 0.6) is 11.5 Å². The average molecular weight is 253 g/mol. The highest BCUT2D eigenvalue weighted by Crippen LogP contribution is 2.31. The Morgan fingerprint density at radius 2 is 1.76 bits per heavy atom. The third-order valence-corrected chi connectivity index (χ3v) is 2.73. The smallest absolute Gasteiger partial charge is 0.165 e. The molecule has 0 heterocycles. The first-order valence-electron chi connectivity index (χ1n) is 4.94. The van der Waals surface area contributed by atoms with Gasteiger partial charge in [0.25, 0.3) is 0 Å². The van der Waals surface area contributed by atoms with Crippen LogP contribution in [0.15, 0.2) is 36.4 Å². The van der Waals surface area contributed by atoms with Gasteiger partial charge in [0.15, 0.2) is 11.6 Å². The maximum atomic E-state index is 13.2. The molecule has 88 valence electrons. The minimum absolute atomic E-state index is 0.0180. The van der Waals surface area contributed by atoms with Crippen molar-refractivity contribution in [1.82, 2.24) is 0 Å². The van der Waals surface area contributed by atoms with Gasteiger partial charge in [0.1, 0.15) is 5.75 Å². The molecule has 0 saturated carbocycles. The van der Waals surface area contributed by atoms with Gasteiger partial charge in [-0.15, -0.1) is 0 Å². The Hall–Kier alpha value is -1.74. The first-order valence-corrected chi connectivity index (χ1v) is 5.32. The molecular weight excluding hydrogens is 243 g/mol. The molecule has 2 rings (SSSR count). The van der Waals surface area contributed by atoms with Gasteiger partial charge in [-0.3, -0.25) is 0 Å². The largest absolute Gasteiger partial charge is 0.506 e. The van der Waals surface area contributed by atoms with Crippen LogP contribution in [0.25, 0.3) is 11.1 Å². The lowest BCUT2D eigenvalue weighted by Crippen LogP contribution is -1.88. The number of hydrogen-bond donors (Lipinski definition) is 1. The first-order chi connectivity index (χ1) is 8.11. The monoisotopic (exact) mass is 252 g/mol. The number of phenolic OH excluding ortho intramolecular Hbond substituents is 1. The summed E-state index contributed by atoms with van der Waals surface area (Å²) in [6.07, 6.45) is 0. The van der Waals surface area contributed by atoms with Crippen LogP contribution >= 0.6 is 11.6 Å². The Labute approximate surface area is 103 Å². The van der Waals surface area contributed by atoms with Crippen LogP contribution in [-0.2, 0) is 0 Å². The van der Waals surface area contributed by atoms with Gasteiger partial charge < -0.3 is 9.84 Å². The van der Waals surface area contributed by atoms with Gasteiger partial charge in [0.2, 0.25) is 0 Å². The Morgan fingerprint density at radius 1 is 1.12 bits per heavy atom. The van der Waals surface area contributed by atoms with E-state index in [4.69, 9.17) is 16.3 Å². The Balaban J connectivity index is 2.49. The quantitative estimate of drug-likeness (QED) is 0.879. The summed E-state index contributed by atoms with van der Waals surface area (Å²) in [7, 11) is 1.41. The SMILES string of the molecule is COc1cc(-c2ccc(O)c(Cl)c2)ccc1F. The van der Waals surface area contributed by atoms with Gasteiger partial charge in [-0.1, -0.05) is 23.7 Å². The molecule has 0 bridgehead atoms. The number of aromatic hydroxyl groups is 1. The van der Waals surface area contributed by atoms with Crippen molar-refractivity contribution in [2.45, 2.75) is 0 Å². The van der Waals surface area contributed by atoms with Gasteiger partial charge in [-0.25, -0.2) is 4.39 Å². The summed E-state index contributed by atoms with van der Waals surface area (Å²) in [6, 6.07) is 9.35. The van der Waals surface area contributed by atoms with E-state index in [9.17, 15) is 9.50 Å². The summed E-state index contributed by atoms with van der Waals surface area (Å²) in [6.45, 7) is 0. The number of halogens is 2. The predicted octanol–water partition coefficient (Wildman–Crippen LogP) is 3.86. The van der Waals surface area contributed by atoms with E-state index in [0.29, 0.717) is 0 Å². The van der Waals surface area contributed by atoms with Crippen LogP contribution in [0, 0.1) is 5.82 Å². The van der Waals surface area contributed by atoms with Crippen LogP contribution < -0.4 is 4.74 Å². The lowest BCUT2D eigenvalue weighted by molar-refractivity contribution is 0.387. The van der Waals surface area contributed by atoms with E-state index in [1.165, 1.54) is 19.2 Å². The fraction of sp³-hybridized carbons (Fsp3) is 0.0769. The molecule has 17 heavy (non-hydrogen) atoms. The third-order valence-electron chi connectivity index (χ3n) is 2.43. The highest BCUT2D eigenvalue weighted by molar-refractivity contribution is 6.32. The second kappa shape index (κ2) is 4.63. The molecule has 2 nitrogen and oxygen atoms in total. The predicted molar refractivity (Wildman–Crippen MR) is 65.1 cm³/mol. The second-order valence-corrected chi connectivity index (χ2v) is 3.92. The summed E-state index contributed by atoms with van der Waals surface area (Å²) in [4.78, 5) is 0. The maximum absolute atomic E-state index is 13.2. The normalized spacial score (nSPS) is 10.3.